The Morgan fingerprint density at radius 1 is 0.286 bits per heavy atom. The van der Waals surface area contributed by atoms with Crippen molar-refractivity contribution in [2.75, 3.05) is 9.80 Å². The molecule has 14 aromatic rings. The third kappa shape index (κ3) is 10.5. The predicted molar refractivity (Wildman–Crippen MR) is 398 cm³/mol. The highest BCUT2D eigenvalue weighted by molar-refractivity contribution is 5.92. The zero-order valence-electron chi connectivity index (χ0n) is 54.2. The van der Waals surface area contributed by atoms with Crippen molar-refractivity contribution in [3.63, 3.8) is 0 Å². The van der Waals surface area contributed by atoms with Crippen LogP contribution in [0.3, 0.4) is 0 Å². The molecule has 16 rings (SSSR count). The van der Waals surface area contributed by atoms with Gasteiger partial charge in [0.1, 0.15) is 34.6 Å². The van der Waals surface area contributed by atoms with Gasteiger partial charge in [0, 0.05) is 34.1 Å². The van der Waals surface area contributed by atoms with Crippen LogP contribution in [0, 0.1) is 25.5 Å². The Bertz CT molecular complexity index is 4990. The van der Waals surface area contributed by atoms with Gasteiger partial charge in [-0.3, -0.25) is 0 Å². The fourth-order valence-electron chi connectivity index (χ4n) is 14.9. The van der Waals surface area contributed by atoms with Crippen molar-refractivity contribution < 1.29 is 18.3 Å². The van der Waals surface area contributed by atoms with Gasteiger partial charge in [-0.05, 0) is 235 Å². The van der Waals surface area contributed by atoms with E-state index in [1.165, 1.54) is 11.1 Å². The number of fused-ring (bicyclic) bond motifs is 6. The van der Waals surface area contributed by atoms with Gasteiger partial charge in [0.25, 0.3) is 0 Å². The number of benzene rings is 14. The number of halogens is 2. The second-order valence-electron chi connectivity index (χ2n) is 25.2. The number of anilines is 6. The molecule has 0 N–H and O–H groups in total. The summed E-state index contributed by atoms with van der Waals surface area (Å²) in [5.74, 6) is 2.35. The molecule has 0 aromatic heterocycles. The first-order valence-electron chi connectivity index (χ1n) is 33.0. The van der Waals surface area contributed by atoms with Crippen molar-refractivity contribution in [2.45, 2.75) is 24.7 Å². The highest BCUT2D eigenvalue weighted by Gasteiger charge is 2.48. The zero-order valence-corrected chi connectivity index (χ0v) is 54.2. The second-order valence-corrected chi connectivity index (χ2v) is 25.2. The maximum atomic E-state index is 16.1. The zero-order chi connectivity index (χ0) is 66.5. The molecule has 2 unspecified atom stereocenters. The molecular formula is C92H66F2N2O2. The third-order valence-corrected chi connectivity index (χ3v) is 19.7. The van der Waals surface area contributed by atoms with Gasteiger partial charge in [-0.2, -0.15) is 0 Å². The Kier molecular flexibility index (Phi) is 15.5. The maximum absolute atomic E-state index is 16.1. The van der Waals surface area contributed by atoms with Crippen LogP contribution in [0.25, 0.3) is 45.5 Å². The number of ether oxygens (including phenoxy) is 2. The predicted octanol–water partition coefficient (Wildman–Crippen LogP) is 24.8. The molecule has 14 aromatic carbocycles. The Morgan fingerprint density at radius 3 is 0.939 bits per heavy atom. The van der Waals surface area contributed by atoms with Crippen LogP contribution >= 0.6 is 0 Å². The summed E-state index contributed by atoms with van der Waals surface area (Å²) in [5.41, 5.74) is 22.0. The van der Waals surface area contributed by atoms with Crippen molar-refractivity contribution in [1.29, 1.82) is 0 Å². The summed E-state index contributed by atoms with van der Waals surface area (Å²) in [5, 5.41) is 0. The molecule has 0 heterocycles. The summed E-state index contributed by atoms with van der Waals surface area (Å²) in [6, 6.07) is 113. The lowest BCUT2D eigenvalue weighted by Gasteiger charge is -2.35. The summed E-state index contributed by atoms with van der Waals surface area (Å²) >= 11 is 0. The van der Waals surface area contributed by atoms with Gasteiger partial charge >= 0.3 is 0 Å². The van der Waals surface area contributed by atoms with Gasteiger partial charge in [-0.1, -0.05) is 232 Å². The number of hydrogen-bond acceptors (Lipinski definition) is 4. The van der Waals surface area contributed by atoms with Crippen LogP contribution in [-0.2, 0) is 10.8 Å². The van der Waals surface area contributed by atoms with E-state index in [0.29, 0.717) is 22.5 Å². The van der Waals surface area contributed by atoms with Crippen molar-refractivity contribution in [1.82, 2.24) is 0 Å². The van der Waals surface area contributed by atoms with Gasteiger partial charge in [-0.25, -0.2) is 8.78 Å². The van der Waals surface area contributed by atoms with E-state index in [9.17, 15) is 0 Å². The van der Waals surface area contributed by atoms with E-state index in [-0.39, 0.29) is 11.6 Å². The molecule has 4 nitrogen and oxygen atoms in total. The van der Waals surface area contributed by atoms with Gasteiger partial charge in [0.05, 0.1) is 10.8 Å². The van der Waals surface area contributed by atoms with E-state index < -0.39 is 10.8 Å². The lowest BCUT2D eigenvalue weighted by atomic mass is 9.67. The molecule has 2 atom stereocenters. The molecule has 0 aliphatic heterocycles. The molecule has 0 saturated carbocycles. The normalized spacial score (nSPS) is 14.7. The lowest BCUT2D eigenvalue weighted by molar-refractivity contribution is 0.482. The van der Waals surface area contributed by atoms with E-state index in [2.05, 4.69) is 266 Å². The summed E-state index contributed by atoms with van der Waals surface area (Å²) in [4.78, 5) is 4.30. The monoisotopic (exact) mass is 1270 g/mol. The summed E-state index contributed by atoms with van der Waals surface area (Å²) in [6.07, 6.45) is 3.64. The van der Waals surface area contributed by atoms with Gasteiger partial charge in [0.2, 0.25) is 0 Å². The first-order valence-corrected chi connectivity index (χ1v) is 33.0. The van der Waals surface area contributed by atoms with E-state index in [1.54, 1.807) is 26.0 Å². The van der Waals surface area contributed by atoms with Crippen LogP contribution in [0.2, 0.25) is 0 Å². The van der Waals surface area contributed by atoms with Crippen molar-refractivity contribution in [3.8, 4) is 56.4 Å². The number of rotatable bonds is 17. The van der Waals surface area contributed by atoms with Crippen molar-refractivity contribution >= 4 is 46.3 Å². The number of hydrogen-bond donors (Lipinski definition) is 0. The van der Waals surface area contributed by atoms with E-state index in [1.807, 2.05) is 84.9 Å². The second kappa shape index (κ2) is 25.1. The van der Waals surface area contributed by atoms with Crippen molar-refractivity contribution in [3.05, 3.63) is 419 Å². The number of aryl methyl sites for hydroxylation is 2. The molecule has 98 heavy (non-hydrogen) atoms. The van der Waals surface area contributed by atoms with Gasteiger partial charge < -0.3 is 19.3 Å². The minimum absolute atomic E-state index is 0.290. The standard InChI is InChI=1S/C92H66F2N2O2/c1-5-63-27-47-77(48-28-63)97-79-51-35-69(36-52-79)91(67-17-9-7-10-18-67)85-23-15-13-21-81(85)83-55-45-73(57-87(83)91)95(75-39-25-61(3)89(93)59-75)71-41-31-65(32-42-71)66-33-43-72(44-34-66)96(76-40-26-62(4)90(94)60-76)74-46-56-84-82-22-14-16-24-86(82)92(88(84)58-74,68-19-11-8-12-20-68)70-37-53-80(54-38-70)98-78-49-29-64(6-2)30-50-78/h5-60H,1-2H2,3-4H3. The number of nitrogens with zero attached hydrogens (tertiary/aromatic N) is 2. The molecule has 2 aliphatic carbocycles. The molecule has 0 fully saturated rings. The lowest BCUT2D eigenvalue weighted by Crippen LogP contribution is -2.28. The van der Waals surface area contributed by atoms with Crippen LogP contribution in [0.4, 0.5) is 42.9 Å². The maximum Gasteiger partial charge on any atom is 0.128 e. The molecular weight excluding hydrogens is 1200 g/mol. The molecule has 6 heteroatoms. The third-order valence-electron chi connectivity index (χ3n) is 19.7. The van der Waals surface area contributed by atoms with Crippen LogP contribution in [0.1, 0.15) is 66.8 Å². The molecule has 0 amide bonds. The van der Waals surface area contributed by atoms with Crippen molar-refractivity contribution in [2.24, 2.45) is 0 Å². The molecule has 0 radical (unpaired) electrons. The summed E-state index contributed by atoms with van der Waals surface area (Å²) in [7, 11) is 0. The van der Waals surface area contributed by atoms with Crippen LogP contribution in [-0.4, -0.2) is 0 Å². The van der Waals surface area contributed by atoms with E-state index in [0.717, 1.165) is 124 Å². The molecule has 0 spiro atoms. The first kappa shape index (κ1) is 60.6. The minimum Gasteiger partial charge on any atom is -0.457 e. The highest BCUT2D eigenvalue weighted by atomic mass is 19.1. The Morgan fingerprint density at radius 2 is 0.582 bits per heavy atom. The summed E-state index contributed by atoms with van der Waals surface area (Å²) < 4.78 is 45.0. The average molecular weight is 1270 g/mol. The highest BCUT2D eigenvalue weighted by Crippen LogP contribution is 2.60. The Hall–Kier alpha value is -12.4. The van der Waals surface area contributed by atoms with E-state index >= 15 is 8.78 Å². The molecule has 0 saturated heterocycles. The fraction of sp³-hybridized carbons (Fsp3) is 0.0435. The fourth-order valence-corrected chi connectivity index (χ4v) is 14.9. The topological polar surface area (TPSA) is 24.9 Å². The Balaban J connectivity index is 0.769. The van der Waals surface area contributed by atoms with Crippen LogP contribution in [0.15, 0.2) is 341 Å². The molecule has 0 bridgehead atoms. The van der Waals surface area contributed by atoms with Gasteiger partial charge in [0.15, 0.2) is 0 Å². The first-order chi connectivity index (χ1) is 48.1. The largest absolute Gasteiger partial charge is 0.457 e. The van der Waals surface area contributed by atoms with Gasteiger partial charge in [-0.15, -0.1) is 0 Å². The Labute approximate surface area is 571 Å². The average Bonchev–Trinajstić information content (AvgIpc) is 1.53. The minimum atomic E-state index is -0.737. The SMILES string of the molecule is C=Cc1ccc(Oc2ccc(C3(c4ccccc4)c4ccccc4-c4ccc(N(c5ccc(-c6ccc(N(c7ccc(C)c(F)c7)c7ccc8c(c7)C(c7ccccc7)(c7ccc(Oc9ccc(C=C)cc9)cc7)c7ccccc7-8)cc6)cc5)c5ccc(C)c(F)c5)cc43)cc2)cc1. The van der Waals surface area contributed by atoms with E-state index in [4.69, 9.17) is 9.47 Å². The quantitative estimate of drug-likeness (QED) is 0.0907. The molecule has 2 aliphatic rings. The van der Waals surface area contributed by atoms with Crippen LogP contribution < -0.4 is 19.3 Å². The summed E-state index contributed by atoms with van der Waals surface area (Å²) in [6.45, 7) is 11.4. The van der Waals surface area contributed by atoms with Crippen LogP contribution in [0.5, 0.6) is 23.0 Å². The smallest absolute Gasteiger partial charge is 0.128 e. The molecule has 470 valence electrons.